The molecule has 1 amide bonds. The molecule has 2 aliphatic rings. The Morgan fingerprint density at radius 1 is 1.43 bits per heavy atom. The van der Waals surface area contributed by atoms with Gasteiger partial charge in [-0.1, -0.05) is 6.42 Å². The standard InChI is InChI=1S/C16H21N3O4/c1-10(14-7-11-2-3-12(14)6-11)17-15(20)9-18-8-13(19(22)23)4-5-16(18)21/h4-5,8,10-12,14H,2-3,6-7,9H2,1H3,(H,17,20)/t10-,11-,12-,14-/m1/s1. The third kappa shape index (κ3) is 3.28. The van der Waals surface area contributed by atoms with Gasteiger partial charge >= 0.3 is 0 Å². The highest BCUT2D eigenvalue weighted by molar-refractivity contribution is 5.76. The number of nitrogens with zero attached hydrogens (tertiary/aromatic N) is 2. The summed E-state index contributed by atoms with van der Waals surface area (Å²) in [4.78, 5) is 34.1. The van der Waals surface area contributed by atoms with E-state index in [0.717, 1.165) is 28.8 Å². The van der Waals surface area contributed by atoms with E-state index in [9.17, 15) is 19.7 Å². The maximum atomic E-state index is 12.2. The van der Waals surface area contributed by atoms with Gasteiger partial charge in [-0.2, -0.15) is 0 Å². The predicted octanol–water partition coefficient (Wildman–Crippen LogP) is 1.70. The van der Waals surface area contributed by atoms with Crippen LogP contribution in [0.15, 0.2) is 23.1 Å². The third-order valence-corrected chi connectivity index (χ3v) is 5.32. The van der Waals surface area contributed by atoms with Crippen LogP contribution in [0.5, 0.6) is 0 Å². The molecule has 7 heteroatoms. The van der Waals surface area contributed by atoms with E-state index in [1.165, 1.54) is 25.7 Å². The van der Waals surface area contributed by atoms with Crippen molar-refractivity contribution in [3.05, 3.63) is 38.8 Å². The summed E-state index contributed by atoms with van der Waals surface area (Å²) in [6, 6.07) is 2.34. The summed E-state index contributed by atoms with van der Waals surface area (Å²) in [5.41, 5.74) is -0.614. The molecule has 0 spiro atoms. The van der Waals surface area contributed by atoms with Crippen LogP contribution in [-0.4, -0.2) is 21.4 Å². The van der Waals surface area contributed by atoms with E-state index >= 15 is 0 Å². The number of nitrogens with one attached hydrogen (secondary N) is 1. The van der Waals surface area contributed by atoms with E-state index < -0.39 is 10.5 Å². The summed E-state index contributed by atoms with van der Waals surface area (Å²) in [5.74, 6) is 1.75. The van der Waals surface area contributed by atoms with Crippen LogP contribution >= 0.6 is 0 Å². The summed E-state index contributed by atoms with van der Waals surface area (Å²) in [5, 5.41) is 13.7. The molecule has 0 unspecified atom stereocenters. The molecule has 1 N–H and O–H groups in total. The van der Waals surface area contributed by atoms with E-state index in [0.29, 0.717) is 11.8 Å². The molecule has 23 heavy (non-hydrogen) atoms. The summed E-state index contributed by atoms with van der Waals surface area (Å²) < 4.78 is 1.08. The van der Waals surface area contributed by atoms with Crippen molar-refractivity contribution in [2.75, 3.05) is 0 Å². The Morgan fingerprint density at radius 2 is 2.22 bits per heavy atom. The largest absolute Gasteiger partial charge is 0.352 e. The normalized spacial score (nSPS) is 26.9. The molecule has 2 fully saturated rings. The lowest BCUT2D eigenvalue weighted by Crippen LogP contribution is -2.42. The molecule has 2 saturated carbocycles. The lowest BCUT2D eigenvalue weighted by Gasteiger charge is -2.28. The quantitative estimate of drug-likeness (QED) is 0.660. The van der Waals surface area contributed by atoms with Crippen molar-refractivity contribution in [1.29, 1.82) is 0 Å². The van der Waals surface area contributed by atoms with Crippen molar-refractivity contribution in [3.8, 4) is 0 Å². The average Bonchev–Trinajstić information content (AvgIpc) is 3.12. The summed E-state index contributed by atoms with van der Waals surface area (Å²) in [6.07, 6.45) is 6.12. The number of hydrogen-bond donors (Lipinski definition) is 1. The zero-order valence-electron chi connectivity index (χ0n) is 13.1. The zero-order valence-corrected chi connectivity index (χ0v) is 13.1. The molecule has 2 aliphatic carbocycles. The summed E-state index contributed by atoms with van der Waals surface area (Å²) in [6.45, 7) is 1.82. The van der Waals surface area contributed by atoms with Gasteiger partial charge in [0.05, 0.1) is 11.1 Å². The van der Waals surface area contributed by atoms with E-state index in [4.69, 9.17) is 0 Å². The molecule has 4 atom stereocenters. The molecule has 3 rings (SSSR count). The van der Waals surface area contributed by atoms with Crippen LogP contribution in [0.25, 0.3) is 0 Å². The Balaban J connectivity index is 1.62. The Kier molecular flexibility index (Phi) is 4.19. The minimum atomic E-state index is -0.578. The number of rotatable bonds is 5. The fourth-order valence-electron chi connectivity index (χ4n) is 4.22. The Bertz CT molecular complexity index is 684. The monoisotopic (exact) mass is 319 g/mol. The second-order valence-electron chi connectivity index (χ2n) is 6.81. The first-order valence-corrected chi connectivity index (χ1v) is 8.08. The molecule has 0 aromatic carbocycles. The van der Waals surface area contributed by atoms with Crippen LogP contribution in [0, 0.1) is 27.9 Å². The molecular weight excluding hydrogens is 298 g/mol. The summed E-state index contributed by atoms with van der Waals surface area (Å²) >= 11 is 0. The Labute approximate surface area is 133 Å². The van der Waals surface area contributed by atoms with E-state index in [1.807, 2.05) is 6.92 Å². The number of carbonyl (C=O) groups is 1. The number of nitro groups is 1. The van der Waals surface area contributed by atoms with Crippen LogP contribution in [0.3, 0.4) is 0 Å². The lowest BCUT2D eigenvalue weighted by atomic mass is 9.84. The molecule has 1 aromatic heterocycles. The van der Waals surface area contributed by atoms with Crippen LogP contribution in [0.4, 0.5) is 5.69 Å². The Morgan fingerprint density at radius 3 is 2.83 bits per heavy atom. The molecule has 0 radical (unpaired) electrons. The van der Waals surface area contributed by atoms with Gasteiger partial charge in [0.15, 0.2) is 0 Å². The zero-order chi connectivity index (χ0) is 16.6. The highest BCUT2D eigenvalue weighted by Gasteiger charge is 2.42. The average molecular weight is 319 g/mol. The first-order chi connectivity index (χ1) is 10.9. The van der Waals surface area contributed by atoms with Gasteiger partial charge in [0, 0.05) is 18.2 Å². The molecule has 124 valence electrons. The van der Waals surface area contributed by atoms with Gasteiger partial charge in [0.1, 0.15) is 6.54 Å². The van der Waals surface area contributed by atoms with E-state index in [1.54, 1.807) is 0 Å². The van der Waals surface area contributed by atoms with Gasteiger partial charge in [0.2, 0.25) is 5.91 Å². The second-order valence-corrected chi connectivity index (χ2v) is 6.81. The molecule has 0 aliphatic heterocycles. The molecule has 0 saturated heterocycles. The fraction of sp³-hybridized carbons (Fsp3) is 0.625. The first-order valence-electron chi connectivity index (χ1n) is 8.08. The van der Waals surface area contributed by atoms with Crippen molar-refractivity contribution >= 4 is 11.6 Å². The molecule has 7 nitrogen and oxygen atoms in total. The first kappa shape index (κ1) is 15.7. The molecule has 2 bridgehead atoms. The summed E-state index contributed by atoms with van der Waals surface area (Å²) in [7, 11) is 0. The van der Waals surface area contributed by atoms with Gasteiger partial charge in [-0.15, -0.1) is 0 Å². The minimum absolute atomic E-state index is 0.0761. The number of hydrogen-bond acceptors (Lipinski definition) is 4. The molecule has 1 aromatic rings. The second kappa shape index (κ2) is 6.14. The van der Waals surface area contributed by atoms with Crippen LogP contribution in [0.2, 0.25) is 0 Å². The van der Waals surface area contributed by atoms with Crippen molar-refractivity contribution in [1.82, 2.24) is 9.88 Å². The number of aromatic nitrogens is 1. The van der Waals surface area contributed by atoms with Crippen molar-refractivity contribution < 1.29 is 9.72 Å². The predicted molar refractivity (Wildman–Crippen MR) is 83.9 cm³/mol. The molecular formula is C16H21N3O4. The van der Waals surface area contributed by atoms with Crippen molar-refractivity contribution in [2.45, 2.75) is 45.2 Å². The van der Waals surface area contributed by atoms with Gasteiger partial charge in [0.25, 0.3) is 11.2 Å². The number of amides is 1. The van der Waals surface area contributed by atoms with Gasteiger partial charge < -0.3 is 5.32 Å². The highest BCUT2D eigenvalue weighted by atomic mass is 16.6. The maximum absolute atomic E-state index is 12.2. The number of pyridine rings is 1. The third-order valence-electron chi connectivity index (χ3n) is 5.32. The number of fused-ring (bicyclic) bond motifs is 2. The Hall–Kier alpha value is -2.18. The molecule has 1 heterocycles. The number of carbonyl (C=O) groups excluding carboxylic acids is 1. The highest BCUT2D eigenvalue weighted by Crippen LogP contribution is 2.49. The van der Waals surface area contributed by atoms with Crippen molar-refractivity contribution in [2.24, 2.45) is 17.8 Å². The van der Waals surface area contributed by atoms with Gasteiger partial charge in [-0.25, -0.2) is 0 Å². The van der Waals surface area contributed by atoms with Gasteiger partial charge in [-0.3, -0.25) is 24.3 Å². The SMILES string of the molecule is C[C@@H](NC(=O)Cn1cc([N+](=O)[O-])ccc1=O)[C@H]1C[C@@H]2CC[C@@H]1C2. The van der Waals surface area contributed by atoms with Gasteiger partial charge in [-0.05, 0) is 43.9 Å². The van der Waals surface area contributed by atoms with Crippen LogP contribution in [0.1, 0.15) is 32.6 Å². The maximum Gasteiger partial charge on any atom is 0.285 e. The smallest absolute Gasteiger partial charge is 0.285 e. The van der Waals surface area contributed by atoms with E-state index in [-0.39, 0.29) is 24.2 Å². The van der Waals surface area contributed by atoms with Crippen LogP contribution in [-0.2, 0) is 11.3 Å². The topological polar surface area (TPSA) is 94.2 Å². The lowest BCUT2D eigenvalue weighted by molar-refractivity contribution is -0.385. The fourth-order valence-corrected chi connectivity index (χ4v) is 4.22. The van der Waals surface area contributed by atoms with Crippen molar-refractivity contribution in [3.63, 3.8) is 0 Å². The van der Waals surface area contributed by atoms with E-state index in [2.05, 4.69) is 5.32 Å². The minimum Gasteiger partial charge on any atom is -0.352 e. The van der Waals surface area contributed by atoms with Crippen LogP contribution < -0.4 is 10.9 Å².